The summed E-state index contributed by atoms with van der Waals surface area (Å²) in [5, 5.41) is 1.13. The van der Waals surface area contributed by atoms with E-state index in [1.807, 2.05) is 35.0 Å². The van der Waals surface area contributed by atoms with Crippen molar-refractivity contribution in [2.45, 2.75) is 91.9 Å². The van der Waals surface area contributed by atoms with Crippen molar-refractivity contribution < 1.29 is 8.84 Å². The second-order valence-electron chi connectivity index (χ2n) is 10.8. The molecule has 0 saturated carbocycles. The molecular formula is C34H41O2S2+. The van der Waals surface area contributed by atoms with Crippen LogP contribution in [-0.2, 0) is 17.3 Å². The van der Waals surface area contributed by atoms with Crippen LogP contribution >= 0.6 is 22.7 Å². The molecule has 0 aliphatic carbocycles. The van der Waals surface area contributed by atoms with Gasteiger partial charge in [-0.1, -0.05) is 79.1 Å². The van der Waals surface area contributed by atoms with Crippen molar-refractivity contribution >= 4 is 45.7 Å². The summed E-state index contributed by atoms with van der Waals surface area (Å²) in [6.45, 7) is 9.23. The average molecular weight is 546 g/mol. The summed E-state index contributed by atoms with van der Waals surface area (Å²) >= 11 is 3.82. The summed E-state index contributed by atoms with van der Waals surface area (Å²) in [5.74, 6) is 5.50. The van der Waals surface area contributed by atoms with Crippen LogP contribution < -0.4 is 0 Å². The number of hydrogen-bond acceptors (Lipinski definition) is 3. The van der Waals surface area contributed by atoms with Gasteiger partial charge < -0.3 is 4.42 Å². The molecule has 1 aliphatic rings. The fourth-order valence-electron chi connectivity index (χ4n) is 5.77. The summed E-state index contributed by atoms with van der Waals surface area (Å²) < 4.78 is 12.3. The number of benzene rings is 1. The van der Waals surface area contributed by atoms with Crippen molar-refractivity contribution in [3.05, 3.63) is 51.9 Å². The fourth-order valence-corrected chi connectivity index (χ4v) is 8.13. The van der Waals surface area contributed by atoms with Gasteiger partial charge in [-0.3, -0.25) is 0 Å². The molecule has 5 rings (SSSR count). The van der Waals surface area contributed by atoms with E-state index in [4.69, 9.17) is 8.84 Å². The lowest BCUT2D eigenvalue weighted by Gasteiger charge is -2.13. The van der Waals surface area contributed by atoms with E-state index in [9.17, 15) is 0 Å². The number of hydrogen-bond donors (Lipinski definition) is 0. The maximum absolute atomic E-state index is 6.20. The highest BCUT2D eigenvalue weighted by Gasteiger charge is 2.33. The van der Waals surface area contributed by atoms with Crippen LogP contribution in [0, 0.1) is 11.8 Å². The Balaban J connectivity index is 1.49. The molecule has 4 heteroatoms. The molecule has 3 aromatic heterocycles. The molecule has 4 heterocycles. The Morgan fingerprint density at radius 2 is 1.39 bits per heavy atom. The SMILES string of the molecule is CCCCC(CC)Cc1ccc(-c2c3c(c(-c4ccc(CC(CC)CCCC)s4)c4occc24)C=C=[O+]3)s1. The molecular weight excluding hydrogens is 505 g/mol. The van der Waals surface area contributed by atoms with Crippen molar-refractivity contribution in [3.8, 4) is 26.6 Å². The normalized spacial score (nSPS) is 14.0. The van der Waals surface area contributed by atoms with Gasteiger partial charge in [-0.2, -0.15) is 4.42 Å². The maximum Gasteiger partial charge on any atom is 0.386 e. The molecule has 0 fully saturated rings. The number of unbranched alkanes of at least 4 members (excludes halogenated alkanes) is 2. The van der Waals surface area contributed by atoms with Crippen molar-refractivity contribution in [3.63, 3.8) is 0 Å². The van der Waals surface area contributed by atoms with Gasteiger partial charge in [0.15, 0.2) is 0 Å². The molecule has 0 radical (unpaired) electrons. The van der Waals surface area contributed by atoms with Crippen molar-refractivity contribution in [2.24, 2.45) is 11.8 Å². The number of rotatable bonds is 14. The summed E-state index contributed by atoms with van der Waals surface area (Å²) in [6.07, 6.45) is 16.5. The minimum absolute atomic E-state index is 0.761. The first kappa shape index (κ1) is 27.2. The number of fused-ring (bicyclic) bond motifs is 2. The number of carbonyl (C=O) groups excluding carboxylic acids is 1. The van der Waals surface area contributed by atoms with E-state index in [1.54, 1.807) is 0 Å². The second kappa shape index (κ2) is 12.6. The fraction of sp³-hybridized carbons (Fsp3) is 0.471. The van der Waals surface area contributed by atoms with Gasteiger partial charge in [-0.05, 0) is 55.0 Å². The van der Waals surface area contributed by atoms with E-state index in [0.717, 1.165) is 58.1 Å². The van der Waals surface area contributed by atoms with Crippen LogP contribution in [0.4, 0.5) is 0 Å². The predicted octanol–water partition coefficient (Wildman–Crippen LogP) is 11.5. The van der Waals surface area contributed by atoms with Crippen LogP contribution in [0.15, 0.2) is 41.0 Å². The van der Waals surface area contributed by atoms with Gasteiger partial charge in [-0.25, -0.2) is 0 Å². The smallest absolute Gasteiger partial charge is 0.386 e. The highest BCUT2D eigenvalue weighted by Crippen LogP contribution is 2.51. The van der Waals surface area contributed by atoms with Gasteiger partial charge in [-0.15, -0.1) is 22.7 Å². The molecule has 0 amide bonds. The molecule has 2 atom stereocenters. The van der Waals surface area contributed by atoms with Gasteiger partial charge in [0.1, 0.15) is 16.7 Å². The Labute approximate surface area is 236 Å². The summed E-state index contributed by atoms with van der Waals surface area (Å²) in [6, 6.07) is 11.3. The lowest BCUT2D eigenvalue weighted by atomic mass is 9.95. The van der Waals surface area contributed by atoms with E-state index >= 15 is 0 Å². The third kappa shape index (κ3) is 5.64. The summed E-state index contributed by atoms with van der Waals surface area (Å²) in [7, 11) is 0. The van der Waals surface area contributed by atoms with Crippen LogP contribution in [-0.4, -0.2) is 5.94 Å². The molecule has 0 spiro atoms. The number of thiophene rings is 2. The maximum atomic E-state index is 6.20. The van der Waals surface area contributed by atoms with Crippen molar-refractivity contribution in [1.29, 1.82) is 0 Å². The minimum atomic E-state index is 0.761. The molecule has 1 aliphatic heterocycles. The highest BCUT2D eigenvalue weighted by molar-refractivity contribution is 7.16. The third-order valence-electron chi connectivity index (χ3n) is 8.15. The molecule has 0 saturated heterocycles. The van der Waals surface area contributed by atoms with Gasteiger partial charge in [0.05, 0.1) is 17.9 Å². The Kier molecular flexibility index (Phi) is 9.05. The van der Waals surface area contributed by atoms with Crippen molar-refractivity contribution in [1.82, 2.24) is 0 Å². The molecule has 38 heavy (non-hydrogen) atoms. The molecule has 200 valence electrons. The van der Waals surface area contributed by atoms with E-state index in [0.29, 0.717) is 0 Å². The Morgan fingerprint density at radius 3 is 1.97 bits per heavy atom. The third-order valence-corrected chi connectivity index (χ3v) is 10.4. The largest absolute Gasteiger partial charge is 0.464 e. The van der Waals surface area contributed by atoms with Crippen LogP contribution in [0.2, 0.25) is 0 Å². The standard InChI is InChI=1S/C34H41O2S2/c1-5-9-11-23(7-3)21-25-13-15-29(37-25)31-27-17-19-36-34(27)32(28-18-20-35-33(28)31)30-16-14-26(38-30)22-24(8-4)12-10-6-2/h13-19,23-24H,5-12,21-22H2,1-4H3/q+1. The first-order chi connectivity index (χ1) is 18.7. The zero-order valence-corrected chi connectivity index (χ0v) is 25.0. The summed E-state index contributed by atoms with van der Waals surface area (Å²) in [4.78, 5) is 5.43. The van der Waals surface area contributed by atoms with Gasteiger partial charge >= 0.3 is 11.7 Å². The molecule has 0 N–H and O–H groups in total. The topological polar surface area (TPSA) is 24.4 Å². The minimum Gasteiger partial charge on any atom is -0.464 e. The van der Waals surface area contributed by atoms with Gasteiger partial charge in [0, 0.05) is 24.9 Å². The zero-order chi connectivity index (χ0) is 26.5. The highest BCUT2D eigenvalue weighted by atomic mass is 32.1. The van der Waals surface area contributed by atoms with E-state index in [-0.39, 0.29) is 0 Å². The lowest BCUT2D eigenvalue weighted by molar-refractivity contribution is 0.264. The van der Waals surface area contributed by atoms with E-state index in [1.165, 1.54) is 70.9 Å². The first-order valence-electron chi connectivity index (χ1n) is 14.7. The Hall–Kier alpha value is -2.39. The lowest BCUT2D eigenvalue weighted by Crippen LogP contribution is -2.01. The van der Waals surface area contributed by atoms with Crippen LogP contribution in [0.3, 0.4) is 0 Å². The number of furan rings is 1. The second-order valence-corrected chi connectivity index (χ2v) is 13.1. The van der Waals surface area contributed by atoms with Crippen LogP contribution in [0.25, 0.3) is 37.9 Å². The van der Waals surface area contributed by atoms with Gasteiger partial charge in [0.2, 0.25) is 0 Å². The predicted molar refractivity (Wildman–Crippen MR) is 166 cm³/mol. The molecule has 2 unspecified atom stereocenters. The Morgan fingerprint density at radius 1 is 0.789 bits per heavy atom. The molecule has 1 aromatic carbocycles. The van der Waals surface area contributed by atoms with Gasteiger partial charge in [0.25, 0.3) is 0 Å². The summed E-state index contributed by atoms with van der Waals surface area (Å²) in [5.41, 5.74) is 4.35. The van der Waals surface area contributed by atoms with Crippen LogP contribution in [0.5, 0.6) is 5.75 Å². The van der Waals surface area contributed by atoms with E-state index < -0.39 is 0 Å². The van der Waals surface area contributed by atoms with E-state index in [2.05, 4.69) is 64.0 Å². The monoisotopic (exact) mass is 545 g/mol. The van der Waals surface area contributed by atoms with Crippen LogP contribution in [0.1, 0.15) is 94.4 Å². The first-order valence-corrected chi connectivity index (χ1v) is 16.3. The Bertz CT molecular complexity index is 1320. The molecule has 2 nitrogen and oxygen atoms in total. The quantitative estimate of drug-likeness (QED) is 0.101. The molecule has 0 bridgehead atoms. The molecule has 4 aromatic rings. The van der Waals surface area contributed by atoms with Crippen molar-refractivity contribution in [2.75, 3.05) is 0 Å². The zero-order valence-electron chi connectivity index (χ0n) is 23.4. The average Bonchev–Trinajstić information content (AvgIpc) is 3.75.